The summed E-state index contributed by atoms with van der Waals surface area (Å²) in [6.07, 6.45) is 5.73. The maximum absolute atomic E-state index is 15.1. The number of unbranched alkanes of at least 4 members (excludes halogenated alkanes) is 2. The minimum absolute atomic E-state index is 0.0260. The lowest BCUT2D eigenvalue weighted by molar-refractivity contribution is -0.142. The van der Waals surface area contributed by atoms with Crippen molar-refractivity contribution in [3.05, 3.63) is 72.1 Å². The van der Waals surface area contributed by atoms with Crippen LogP contribution in [-0.4, -0.2) is 161 Å². The summed E-state index contributed by atoms with van der Waals surface area (Å²) in [5, 5.41) is 54.1. The third-order valence-corrected chi connectivity index (χ3v) is 15.5. The standard InChI is InChI=1S/C63H101N19O10/c1-35(2)29-42(66)53(83)79-51(32-39-34-74-44-20-10-8-18-41(39)44)59(89)82-52(37(5)6)60(90)81-49(30-36(3)4)57(87)80-50(31-38-33-73-43-19-9-7-17-40(38)43)58(88)77-47(23-15-27-71-62(67)68)55(85)75-45(21-11-13-25-64)54(84)76-46(22-12-14-26-65)56(86)78-48(61(91)92)24-16-28-72-63(69)70/h7-10,17-20,33-37,42,45-52,73-74H,11-16,21-32,64-66H2,1-6H3,(H,75,85)(H,76,84)(H,77,88)(H,78,86)(H,79,83)(H,80,87)(H,81,90)(H,82,89)(H,91,92)(H4,67,68,71)(H4,69,70,72)/t42-,45-,46-,47-,48-,49-,50-,51-,52-/m0/s1. The average Bonchev–Trinajstić information content (AvgIpc) is 1.74. The molecule has 0 bridgehead atoms. The number of aromatic amines is 2. The van der Waals surface area contributed by atoms with Crippen molar-refractivity contribution in [3.63, 3.8) is 0 Å². The van der Waals surface area contributed by atoms with Gasteiger partial charge in [-0.2, -0.15) is 0 Å². The van der Waals surface area contributed by atoms with E-state index < -0.39 is 114 Å². The summed E-state index contributed by atoms with van der Waals surface area (Å²) in [6, 6.07) is 3.39. The van der Waals surface area contributed by atoms with E-state index in [0.717, 1.165) is 27.4 Å². The first kappa shape index (κ1) is 75.6. The zero-order valence-electron chi connectivity index (χ0n) is 53.9. The van der Waals surface area contributed by atoms with Crippen molar-refractivity contribution in [2.24, 2.45) is 46.4 Å². The highest BCUT2D eigenvalue weighted by atomic mass is 16.4. The molecule has 0 aliphatic heterocycles. The lowest BCUT2D eigenvalue weighted by atomic mass is 9.98. The second kappa shape index (κ2) is 38.8. The van der Waals surface area contributed by atoms with Gasteiger partial charge in [0.1, 0.15) is 48.3 Å². The Morgan fingerprint density at radius 1 is 0.457 bits per heavy atom. The number of fused-ring (bicyclic) bond motifs is 2. The molecule has 0 unspecified atom stereocenters. The van der Waals surface area contributed by atoms with Crippen molar-refractivity contribution >= 4 is 87.0 Å². The Kier molecular flexibility index (Phi) is 31.9. The van der Waals surface area contributed by atoms with Crippen LogP contribution >= 0.6 is 0 Å². The predicted octanol–water partition coefficient (Wildman–Crippen LogP) is 0.257. The third kappa shape index (κ3) is 25.5. The zero-order chi connectivity index (χ0) is 68.0. The highest BCUT2D eigenvalue weighted by Gasteiger charge is 2.37. The van der Waals surface area contributed by atoms with E-state index in [9.17, 15) is 43.5 Å². The molecule has 0 aliphatic rings. The first-order chi connectivity index (χ1) is 43.7. The number of benzene rings is 2. The number of carboxylic acids is 1. The number of aliphatic carboxylic acids is 1. The highest BCUT2D eigenvalue weighted by molar-refractivity contribution is 5.99. The van der Waals surface area contributed by atoms with Crippen molar-refractivity contribution in [2.75, 3.05) is 26.2 Å². The number of nitrogens with one attached hydrogen (secondary N) is 14. The van der Waals surface area contributed by atoms with Crippen LogP contribution in [0.25, 0.3) is 21.8 Å². The minimum Gasteiger partial charge on any atom is -0.480 e. The fraction of sp³-hybridized carbons (Fsp3) is 0.571. The number of nitrogens with two attached hydrogens (primary N) is 5. The smallest absolute Gasteiger partial charge is 0.326 e. The van der Waals surface area contributed by atoms with Crippen LogP contribution < -0.4 is 81.8 Å². The Morgan fingerprint density at radius 2 is 0.815 bits per heavy atom. The number of para-hydroxylation sites is 2. The Hall–Kier alpha value is -8.83. The number of hydrogen-bond donors (Lipinski definition) is 20. The van der Waals surface area contributed by atoms with Crippen molar-refractivity contribution in [3.8, 4) is 0 Å². The van der Waals surface area contributed by atoms with E-state index in [-0.39, 0.29) is 108 Å². The van der Waals surface area contributed by atoms with E-state index in [1.807, 2.05) is 70.2 Å². The lowest BCUT2D eigenvalue weighted by Gasteiger charge is -2.29. The number of rotatable bonds is 42. The summed E-state index contributed by atoms with van der Waals surface area (Å²) in [5.41, 5.74) is 31.7. The van der Waals surface area contributed by atoms with Crippen LogP contribution in [0, 0.1) is 28.6 Å². The van der Waals surface area contributed by atoms with Gasteiger partial charge in [0.15, 0.2) is 11.9 Å². The second-order valence-electron chi connectivity index (χ2n) is 24.5. The van der Waals surface area contributed by atoms with E-state index in [0.29, 0.717) is 37.7 Å². The number of hydrogen-bond acceptors (Lipinski definition) is 14. The monoisotopic (exact) mass is 1280 g/mol. The molecule has 4 rings (SSSR count). The van der Waals surface area contributed by atoms with Crippen LogP contribution in [0.2, 0.25) is 0 Å². The van der Waals surface area contributed by atoms with Gasteiger partial charge >= 0.3 is 5.97 Å². The summed E-state index contributed by atoms with van der Waals surface area (Å²) in [6.45, 7) is 11.7. The Balaban J connectivity index is 1.67. The van der Waals surface area contributed by atoms with Crippen molar-refractivity contribution in [1.29, 1.82) is 10.8 Å². The van der Waals surface area contributed by atoms with Crippen LogP contribution in [0.3, 0.4) is 0 Å². The van der Waals surface area contributed by atoms with Gasteiger partial charge in [-0.25, -0.2) is 4.79 Å². The molecule has 25 N–H and O–H groups in total. The van der Waals surface area contributed by atoms with Gasteiger partial charge in [-0.15, -0.1) is 0 Å². The normalized spacial score (nSPS) is 14.3. The molecule has 0 fully saturated rings. The molecule has 29 nitrogen and oxygen atoms in total. The van der Waals surface area contributed by atoms with Crippen LogP contribution in [-0.2, 0) is 56.0 Å². The number of guanidine groups is 2. The Morgan fingerprint density at radius 3 is 1.23 bits per heavy atom. The summed E-state index contributed by atoms with van der Waals surface area (Å²) in [4.78, 5) is 134. The van der Waals surface area contributed by atoms with Gasteiger partial charge in [0.05, 0.1) is 6.04 Å². The van der Waals surface area contributed by atoms with Gasteiger partial charge < -0.3 is 96.9 Å². The molecule has 2 heterocycles. The lowest BCUT2D eigenvalue weighted by Crippen LogP contribution is -2.61. The van der Waals surface area contributed by atoms with Gasteiger partial charge in [-0.1, -0.05) is 77.9 Å². The number of carbonyl (C=O) groups excluding carboxylic acids is 8. The molecular weight excluding hydrogens is 1180 g/mol. The highest BCUT2D eigenvalue weighted by Crippen LogP contribution is 2.22. The molecule has 0 aliphatic carbocycles. The van der Waals surface area contributed by atoms with Crippen molar-refractivity contribution < 1.29 is 48.3 Å². The number of amides is 8. The van der Waals surface area contributed by atoms with Crippen molar-refractivity contribution in [2.45, 2.75) is 186 Å². The SMILES string of the molecule is CC(C)C[C@H](NC(=O)[C@@H](NC(=O)[C@H](Cc1c[nH]c2ccccc12)NC(=O)[C@@H](N)CC(C)C)C(C)C)C(=O)N[C@@H](Cc1c[nH]c2ccccc12)C(=O)N[C@@H](CCCNC(=N)N)C(=O)N[C@@H](CCCCN)C(=O)N[C@@H](CCCCN)C(=O)N[C@@H](CCCNC(=N)N)C(=O)O. The number of carboxylic acid groups (broad SMARTS) is 1. The van der Waals surface area contributed by atoms with Gasteiger partial charge in [0, 0.05) is 60.1 Å². The third-order valence-electron chi connectivity index (χ3n) is 15.5. The summed E-state index contributed by atoms with van der Waals surface area (Å²) in [5.74, 6) is -8.59. The Bertz CT molecular complexity index is 3090. The maximum atomic E-state index is 15.1. The quantitative estimate of drug-likeness (QED) is 0.0161. The van der Waals surface area contributed by atoms with E-state index >= 15 is 4.79 Å². The Labute approximate surface area is 537 Å². The summed E-state index contributed by atoms with van der Waals surface area (Å²) < 4.78 is 0. The topological polar surface area (TPSA) is 504 Å². The van der Waals surface area contributed by atoms with E-state index in [1.54, 1.807) is 32.3 Å². The molecule has 4 aromatic rings. The van der Waals surface area contributed by atoms with Gasteiger partial charge in [-0.3, -0.25) is 49.2 Å². The van der Waals surface area contributed by atoms with Gasteiger partial charge in [-0.05, 0) is 131 Å². The molecule has 8 amide bonds. The van der Waals surface area contributed by atoms with E-state index in [1.165, 1.54) is 0 Å². The average molecular weight is 1280 g/mol. The van der Waals surface area contributed by atoms with Crippen molar-refractivity contribution in [1.82, 2.24) is 63.1 Å². The molecule has 508 valence electrons. The second-order valence-corrected chi connectivity index (χ2v) is 24.5. The zero-order valence-corrected chi connectivity index (χ0v) is 53.9. The van der Waals surface area contributed by atoms with Gasteiger partial charge in [0.25, 0.3) is 0 Å². The molecule has 0 spiro atoms. The van der Waals surface area contributed by atoms with Gasteiger partial charge in [0.2, 0.25) is 47.3 Å². The number of H-pyrrole nitrogens is 2. The number of aromatic nitrogens is 2. The first-order valence-electron chi connectivity index (χ1n) is 31.8. The largest absolute Gasteiger partial charge is 0.480 e. The maximum Gasteiger partial charge on any atom is 0.326 e. The van der Waals surface area contributed by atoms with Crippen LogP contribution in [0.15, 0.2) is 60.9 Å². The molecule has 0 saturated carbocycles. The molecule has 29 heteroatoms. The summed E-state index contributed by atoms with van der Waals surface area (Å²) >= 11 is 0. The van der Waals surface area contributed by atoms with E-state index in [2.05, 4.69) is 63.1 Å². The fourth-order valence-corrected chi connectivity index (χ4v) is 10.6. The fourth-order valence-electron chi connectivity index (χ4n) is 10.6. The first-order valence-corrected chi connectivity index (χ1v) is 31.8. The minimum atomic E-state index is -1.42. The summed E-state index contributed by atoms with van der Waals surface area (Å²) in [7, 11) is 0. The predicted molar refractivity (Wildman–Crippen MR) is 353 cm³/mol. The molecule has 92 heavy (non-hydrogen) atoms. The molecule has 2 aromatic heterocycles. The van der Waals surface area contributed by atoms with Crippen LogP contribution in [0.4, 0.5) is 0 Å². The molecule has 0 radical (unpaired) electrons. The molecule has 9 atom stereocenters. The van der Waals surface area contributed by atoms with Crippen LogP contribution in [0.1, 0.15) is 130 Å². The number of carbonyl (C=O) groups is 9. The van der Waals surface area contributed by atoms with Crippen LogP contribution in [0.5, 0.6) is 0 Å². The van der Waals surface area contributed by atoms with E-state index in [4.69, 9.17) is 39.5 Å². The molecule has 0 saturated heterocycles. The molecule has 2 aromatic carbocycles. The molecular formula is C63H101N19O10.